The Morgan fingerprint density at radius 3 is 1.90 bits per heavy atom. The van der Waals surface area contributed by atoms with E-state index in [0.717, 1.165) is 32.6 Å². The SMILES string of the molecule is [2H]c1c(-c2nc(-c3ccccc3)nc(-n3c4ccccc4c4ccccc43)n2)c([2H])c2c(oc3c([2H])c(-c4cccc5ccccc45)c4c([2H])c([2H])c([2H])c([2H])c4c32)c1[2H]. The van der Waals surface area contributed by atoms with E-state index in [4.69, 9.17) is 22.1 Å². The van der Waals surface area contributed by atoms with Gasteiger partial charge in [-0.1, -0.05) is 133 Å². The number of furan rings is 1. The highest BCUT2D eigenvalue weighted by molar-refractivity contribution is 6.23. The molecule has 0 radical (unpaired) electrons. The Hall–Kier alpha value is -7.11. The monoisotopic (exact) mass is 672 g/mol. The van der Waals surface area contributed by atoms with Crippen LogP contribution < -0.4 is 0 Å². The van der Waals surface area contributed by atoms with Crippen molar-refractivity contribution in [3.63, 3.8) is 0 Å². The van der Waals surface area contributed by atoms with Gasteiger partial charge in [0.15, 0.2) is 11.6 Å². The molecular weight excluding hydrogens is 637 g/mol. The maximum absolute atomic E-state index is 9.86. The molecule has 5 nitrogen and oxygen atoms in total. The zero-order valence-electron chi connectivity index (χ0n) is 35.2. The summed E-state index contributed by atoms with van der Waals surface area (Å²) in [5.74, 6) is 0.448. The molecule has 5 heteroatoms. The van der Waals surface area contributed by atoms with E-state index in [1.54, 1.807) is 6.07 Å². The van der Waals surface area contributed by atoms with Gasteiger partial charge in [0.05, 0.1) is 22.0 Å². The highest BCUT2D eigenvalue weighted by Crippen LogP contribution is 2.42. The predicted octanol–water partition coefficient (Wildman–Crippen LogP) is 12.2. The molecule has 3 aromatic heterocycles. The van der Waals surface area contributed by atoms with Gasteiger partial charge in [-0.25, -0.2) is 4.98 Å². The molecule has 3 heterocycles. The normalized spacial score (nSPS) is 14.0. The van der Waals surface area contributed by atoms with Gasteiger partial charge in [0.1, 0.15) is 11.2 Å². The van der Waals surface area contributed by atoms with Crippen molar-refractivity contribution in [1.82, 2.24) is 19.5 Å². The summed E-state index contributed by atoms with van der Waals surface area (Å²) in [6.45, 7) is 0. The molecule has 11 rings (SSSR count). The van der Waals surface area contributed by atoms with Gasteiger partial charge in [-0.05, 0) is 69.0 Å². The summed E-state index contributed by atoms with van der Waals surface area (Å²) in [5.41, 5.74) is 2.76. The minimum Gasteiger partial charge on any atom is -0.456 e. The average molecular weight is 673 g/mol. The van der Waals surface area contributed by atoms with E-state index < -0.39 is 24.2 Å². The molecule has 0 bridgehead atoms. The van der Waals surface area contributed by atoms with Crippen LogP contribution in [0.4, 0.5) is 0 Å². The van der Waals surface area contributed by atoms with Crippen molar-refractivity contribution in [1.29, 1.82) is 0 Å². The summed E-state index contributed by atoms with van der Waals surface area (Å²) in [4.78, 5) is 14.8. The third kappa shape index (κ3) is 4.33. The van der Waals surface area contributed by atoms with Gasteiger partial charge in [0.2, 0.25) is 5.95 Å². The lowest BCUT2D eigenvalue weighted by Crippen LogP contribution is -2.06. The molecule has 0 fully saturated rings. The van der Waals surface area contributed by atoms with Crippen molar-refractivity contribution in [3.8, 4) is 39.9 Å². The van der Waals surface area contributed by atoms with E-state index in [1.807, 2.05) is 120 Å². The molecule has 0 saturated carbocycles. The second kappa shape index (κ2) is 11.2. The molecule has 0 aliphatic carbocycles. The first kappa shape index (κ1) is 21.9. The van der Waals surface area contributed by atoms with Crippen LogP contribution in [0.5, 0.6) is 0 Å². The van der Waals surface area contributed by atoms with Crippen LogP contribution in [0.25, 0.3) is 105 Å². The van der Waals surface area contributed by atoms with Gasteiger partial charge < -0.3 is 4.42 Å². The van der Waals surface area contributed by atoms with E-state index in [0.29, 0.717) is 11.1 Å². The van der Waals surface area contributed by atoms with Crippen LogP contribution >= 0.6 is 0 Å². The number of benzene rings is 8. The Balaban J connectivity index is 1.28. The Labute approximate surface area is 309 Å². The third-order valence-electron chi connectivity index (χ3n) is 9.60. The quantitative estimate of drug-likeness (QED) is 0.187. The molecule has 8 aromatic carbocycles. The zero-order valence-corrected chi connectivity index (χ0v) is 27.2. The molecule has 0 amide bonds. The molecule has 0 saturated heterocycles. The van der Waals surface area contributed by atoms with Crippen molar-refractivity contribution < 1.29 is 15.4 Å². The molecular formula is C47H28N4O. The number of para-hydroxylation sites is 2. The first-order chi connectivity index (χ1) is 29.1. The van der Waals surface area contributed by atoms with Crippen molar-refractivity contribution in [2.75, 3.05) is 0 Å². The average Bonchev–Trinajstić information content (AvgIpc) is 3.85. The first-order valence-corrected chi connectivity index (χ1v) is 16.8. The Bertz CT molecular complexity index is 3600. The van der Waals surface area contributed by atoms with Gasteiger partial charge in [-0.15, -0.1) is 0 Å². The predicted molar refractivity (Wildman–Crippen MR) is 213 cm³/mol. The number of hydrogen-bond acceptors (Lipinski definition) is 4. The Morgan fingerprint density at radius 2 is 1.12 bits per heavy atom. The number of nitrogens with zero attached hydrogens (tertiary/aromatic N) is 4. The maximum Gasteiger partial charge on any atom is 0.238 e. The second-order valence-corrected chi connectivity index (χ2v) is 12.6. The molecule has 0 N–H and O–H groups in total. The van der Waals surface area contributed by atoms with Crippen LogP contribution in [0.1, 0.15) is 11.0 Å². The molecule has 11 aromatic rings. The maximum atomic E-state index is 9.86. The summed E-state index contributed by atoms with van der Waals surface area (Å²) in [6, 6.07) is 35.2. The van der Waals surface area contributed by atoms with Crippen LogP contribution in [0.15, 0.2) is 174 Å². The molecule has 242 valence electrons. The van der Waals surface area contributed by atoms with E-state index in [9.17, 15) is 8.22 Å². The van der Waals surface area contributed by atoms with E-state index in [2.05, 4.69) is 0 Å². The van der Waals surface area contributed by atoms with Crippen molar-refractivity contribution in [2.24, 2.45) is 0 Å². The van der Waals surface area contributed by atoms with Gasteiger partial charge >= 0.3 is 0 Å². The van der Waals surface area contributed by atoms with Crippen LogP contribution in [0.3, 0.4) is 0 Å². The zero-order chi connectivity index (χ0) is 41.1. The molecule has 0 unspecified atom stereocenters. The van der Waals surface area contributed by atoms with Gasteiger partial charge in [0.25, 0.3) is 0 Å². The molecule has 52 heavy (non-hydrogen) atoms. The fraction of sp³-hybridized carbons (Fsp3) is 0. The number of hydrogen-bond donors (Lipinski definition) is 0. The highest BCUT2D eigenvalue weighted by atomic mass is 16.3. The van der Waals surface area contributed by atoms with Crippen molar-refractivity contribution in [3.05, 3.63) is 170 Å². The lowest BCUT2D eigenvalue weighted by molar-refractivity contribution is 0.669. The van der Waals surface area contributed by atoms with Crippen LogP contribution in [0.2, 0.25) is 0 Å². The summed E-state index contributed by atoms with van der Waals surface area (Å²) in [6.07, 6.45) is 0. The second-order valence-electron chi connectivity index (χ2n) is 12.6. The smallest absolute Gasteiger partial charge is 0.238 e. The molecule has 0 aliphatic heterocycles. The summed E-state index contributed by atoms with van der Waals surface area (Å²) in [7, 11) is 0. The topological polar surface area (TPSA) is 56.7 Å². The molecule has 0 aliphatic rings. The van der Waals surface area contributed by atoms with Crippen LogP contribution in [0, 0.1) is 0 Å². The van der Waals surface area contributed by atoms with Gasteiger partial charge in [0, 0.05) is 32.7 Å². The number of aromatic nitrogens is 4. The fourth-order valence-corrected chi connectivity index (χ4v) is 7.29. The lowest BCUT2D eigenvalue weighted by atomic mass is 9.92. The summed E-state index contributed by atoms with van der Waals surface area (Å²) in [5, 5.41) is 3.78. The van der Waals surface area contributed by atoms with Crippen LogP contribution in [-0.4, -0.2) is 19.5 Å². The third-order valence-corrected chi connectivity index (χ3v) is 9.60. The summed E-state index contributed by atoms with van der Waals surface area (Å²) < 4.78 is 82.6. The Morgan fingerprint density at radius 1 is 0.462 bits per heavy atom. The fourth-order valence-electron chi connectivity index (χ4n) is 7.29. The standard InChI is InChI=1S/C47H28N4O/c1-2-14-30(15-3-1)45-48-46(50-47(49-45)51-40-23-10-8-19-35(40)36-20-9-11-24-41(36)51)31-25-26-42-39(27-31)44-37-21-7-6-18-34(37)38(28-43(44)52-42)33-22-12-16-29-13-4-5-17-32(29)33/h1-28H/i6D,7D,18D,21D,25D,26D,27D,28D. The van der Waals surface area contributed by atoms with E-state index in [-0.39, 0.29) is 85.6 Å². The number of rotatable bonds is 4. The van der Waals surface area contributed by atoms with Crippen molar-refractivity contribution in [2.45, 2.75) is 0 Å². The van der Waals surface area contributed by atoms with Gasteiger partial charge in [-0.2, -0.15) is 9.97 Å². The largest absolute Gasteiger partial charge is 0.456 e. The molecule has 0 atom stereocenters. The minimum absolute atomic E-state index is 0.00841. The first-order valence-electron chi connectivity index (χ1n) is 20.8. The molecule has 0 spiro atoms. The Kier molecular flexibility index (Phi) is 4.71. The summed E-state index contributed by atoms with van der Waals surface area (Å²) >= 11 is 0. The van der Waals surface area contributed by atoms with E-state index in [1.165, 1.54) is 0 Å². The van der Waals surface area contributed by atoms with Crippen LogP contribution in [-0.2, 0) is 0 Å². The lowest BCUT2D eigenvalue weighted by Gasteiger charge is -2.12. The van der Waals surface area contributed by atoms with Crippen molar-refractivity contribution >= 4 is 65.3 Å². The number of fused-ring (bicyclic) bond motifs is 9. The minimum atomic E-state index is -0.500. The van der Waals surface area contributed by atoms with Gasteiger partial charge in [-0.3, -0.25) is 4.57 Å². The highest BCUT2D eigenvalue weighted by Gasteiger charge is 2.20. The van der Waals surface area contributed by atoms with E-state index >= 15 is 0 Å².